The van der Waals surface area contributed by atoms with Gasteiger partial charge in [0, 0.05) is 6.61 Å². The van der Waals surface area contributed by atoms with Crippen molar-refractivity contribution in [1.29, 1.82) is 0 Å². The summed E-state index contributed by atoms with van der Waals surface area (Å²) < 4.78 is 0. The van der Waals surface area contributed by atoms with E-state index >= 15 is 0 Å². The smallest absolute Gasteiger partial charge is 0.0434 e. The number of hydrogen-bond donors (Lipinski definition) is 2. The van der Waals surface area contributed by atoms with Crippen molar-refractivity contribution in [2.75, 3.05) is 19.7 Å². The molecule has 1 radical (unpaired) electrons. The maximum absolute atomic E-state index is 8.57. The Bertz CT molecular complexity index is 66.6. The molecule has 1 fully saturated rings. The molecule has 0 aromatic heterocycles. The predicted octanol–water partition coefficient (Wildman–Crippen LogP) is 0.183. The van der Waals surface area contributed by atoms with E-state index in [1.807, 2.05) is 0 Å². The van der Waals surface area contributed by atoms with Crippen LogP contribution >= 0.6 is 0 Å². The molecule has 2 N–H and O–H groups in total. The Morgan fingerprint density at radius 2 is 2.56 bits per heavy atom. The van der Waals surface area contributed by atoms with Crippen molar-refractivity contribution in [3.05, 3.63) is 6.42 Å². The fraction of sp³-hybridized carbons (Fsp3) is 0.857. The minimum absolute atomic E-state index is 0.322. The quantitative estimate of drug-likeness (QED) is 0.556. The SMILES string of the molecule is OCCC1[CH]CCNC1. The minimum atomic E-state index is 0.322. The Morgan fingerprint density at radius 1 is 1.67 bits per heavy atom. The van der Waals surface area contributed by atoms with Crippen molar-refractivity contribution in [1.82, 2.24) is 5.32 Å². The van der Waals surface area contributed by atoms with Crippen LogP contribution in [-0.4, -0.2) is 24.8 Å². The standard InChI is InChI=1S/C7H14NO/c9-5-3-7-2-1-4-8-6-7/h2,7-9H,1,3-6H2. The molecule has 1 heterocycles. The van der Waals surface area contributed by atoms with Crippen LogP contribution in [0.3, 0.4) is 0 Å². The van der Waals surface area contributed by atoms with Crippen molar-refractivity contribution < 1.29 is 5.11 Å². The van der Waals surface area contributed by atoms with E-state index < -0.39 is 0 Å². The van der Waals surface area contributed by atoms with Gasteiger partial charge in [0.05, 0.1) is 0 Å². The lowest BCUT2D eigenvalue weighted by Gasteiger charge is -2.20. The lowest BCUT2D eigenvalue weighted by molar-refractivity contribution is 0.257. The van der Waals surface area contributed by atoms with Gasteiger partial charge in [-0.25, -0.2) is 0 Å². The van der Waals surface area contributed by atoms with Gasteiger partial charge in [0.15, 0.2) is 0 Å². The van der Waals surface area contributed by atoms with Crippen molar-refractivity contribution in [3.63, 3.8) is 0 Å². The first-order valence-corrected chi connectivity index (χ1v) is 3.58. The van der Waals surface area contributed by atoms with Gasteiger partial charge in [0.25, 0.3) is 0 Å². The summed E-state index contributed by atoms with van der Waals surface area (Å²) >= 11 is 0. The summed E-state index contributed by atoms with van der Waals surface area (Å²) in [6.07, 6.45) is 4.38. The van der Waals surface area contributed by atoms with Crippen molar-refractivity contribution in [2.45, 2.75) is 12.8 Å². The van der Waals surface area contributed by atoms with Crippen LogP contribution in [0, 0.1) is 12.3 Å². The summed E-state index contributed by atoms with van der Waals surface area (Å²) in [6.45, 7) is 2.49. The Labute approximate surface area is 56.3 Å². The molecule has 1 saturated heterocycles. The lowest BCUT2D eigenvalue weighted by Crippen LogP contribution is -2.30. The Hall–Kier alpha value is -0.0800. The number of aliphatic hydroxyl groups excluding tert-OH is 1. The largest absolute Gasteiger partial charge is 0.396 e. The molecule has 0 aromatic carbocycles. The summed E-state index contributed by atoms with van der Waals surface area (Å²) in [7, 11) is 0. The summed E-state index contributed by atoms with van der Waals surface area (Å²) in [4.78, 5) is 0. The van der Waals surface area contributed by atoms with Gasteiger partial charge in [-0.1, -0.05) is 0 Å². The molecule has 2 heteroatoms. The normalized spacial score (nSPS) is 28.3. The molecule has 0 saturated carbocycles. The van der Waals surface area contributed by atoms with Gasteiger partial charge in [-0.05, 0) is 38.3 Å². The van der Waals surface area contributed by atoms with Crippen LogP contribution in [0.5, 0.6) is 0 Å². The molecule has 0 amide bonds. The van der Waals surface area contributed by atoms with Crippen LogP contribution in [0.1, 0.15) is 12.8 Å². The number of aliphatic hydroxyl groups is 1. The highest BCUT2D eigenvalue weighted by Gasteiger charge is 2.11. The highest BCUT2D eigenvalue weighted by molar-refractivity contribution is 4.82. The fourth-order valence-corrected chi connectivity index (χ4v) is 1.18. The van der Waals surface area contributed by atoms with Gasteiger partial charge in [-0.15, -0.1) is 0 Å². The second kappa shape index (κ2) is 3.85. The zero-order chi connectivity index (χ0) is 6.53. The number of piperidine rings is 1. The average Bonchev–Trinajstić information content (AvgIpc) is 1.91. The van der Waals surface area contributed by atoms with E-state index in [9.17, 15) is 0 Å². The zero-order valence-corrected chi connectivity index (χ0v) is 5.64. The Kier molecular flexibility index (Phi) is 3.01. The summed E-state index contributed by atoms with van der Waals surface area (Å²) in [5.74, 6) is 0.615. The van der Waals surface area contributed by atoms with Crippen molar-refractivity contribution >= 4 is 0 Å². The van der Waals surface area contributed by atoms with Crippen LogP contribution in [0.4, 0.5) is 0 Å². The molecule has 1 aliphatic heterocycles. The van der Waals surface area contributed by atoms with Crippen LogP contribution in [0.2, 0.25) is 0 Å². The monoisotopic (exact) mass is 128 g/mol. The minimum Gasteiger partial charge on any atom is -0.396 e. The molecule has 2 nitrogen and oxygen atoms in total. The molecule has 0 spiro atoms. The summed E-state index contributed by atoms with van der Waals surface area (Å²) in [5.41, 5.74) is 0. The van der Waals surface area contributed by atoms with Gasteiger partial charge < -0.3 is 10.4 Å². The van der Waals surface area contributed by atoms with Gasteiger partial charge in [-0.3, -0.25) is 0 Å². The Balaban J connectivity index is 2.08. The van der Waals surface area contributed by atoms with Gasteiger partial charge >= 0.3 is 0 Å². The van der Waals surface area contributed by atoms with Crippen LogP contribution in [0.15, 0.2) is 0 Å². The molecule has 0 aromatic rings. The maximum Gasteiger partial charge on any atom is 0.0434 e. The van der Waals surface area contributed by atoms with E-state index in [4.69, 9.17) is 5.11 Å². The van der Waals surface area contributed by atoms with E-state index in [2.05, 4.69) is 11.7 Å². The zero-order valence-electron chi connectivity index (χ0n) is 5.64. The second-order valence-corrected chi connectivity index (χ2v) is 2.50. The highest BCUT2D eigenvalue weighted by Crippen LogP contribution is 2.11. The van der Waals surface area contributed by atoms with E-state index in [0.29, 0.717) is 12.5 Å². The average molecular weight is 128 g/mol. The van der Waals surface area contributed by atoms with E-state index in [0.717, 1.165) is 25.9 Å². The predicted molar refractivity (Wildman–Crippen MR) is 37.0 cm³/mol. The summed E-state index contributed by atoms with van der Waals surface area (Å²) in [6, 6.07) is 0. The third-order valence-electron chi connectivity index (χ3n) is 1.73. The third kappa shape index (κ3) is 2.33. The fourth-order valence-electron chi connectivity index (χ4n) is 1.18. The van der Waals surface area contributed by atoms with Gasteiger partial charge in [-0.2, -0.15) is 0 Å². The first kappa shape index (κ1) is 7.03. The van der Waals surface area contributed by atoms with Gasteiger partial charge in [0.1, 0.15) is 0 Å². The van der Waals surface area contributed by atoms with Crippen LogP contribution in [-0.2, 0) is 0 Å². The second-order valence-electron chi connectivity index (χ2n) is 2.50. The van der Waals surface area contributed by atoms with Crippen LogP contribution < -0.4 is 5.32 Å². The third-order valence-corrected chi connectivity index (χ3v) is 1.73. The number of hydrogen-bond acceptors (Lipinski definition) is 2. The molecule has 0 bridgehead atoms. The molecular weight excluding hydrogens is 114 g/mol. The van der Waals surface area contributed by atoms with E-state index in [-0.39, 0.29) is 0 Å². The van der Waals surface area contributed by atoms with E-state index in [1.165, 1.54) is 0 Å². The Morgan fingerprint density at radius 3 is 3.11 bits per heavy atom. The molecule has 1 aliphatic rings. The lowest BCUT2D eigenvalue weighted by atomic mass is 9.97. The highest BCUT2D eigenvalue weighted by atomic mass is 16.3. The molecule has 53 valence electrons. The number of nitrogens with one attached hydrogen (secondary N) is 1. The van der Waals surface area contributed by atoms with Crippen molar-refractivity contribution in [3.8, 4) is 0 Å². The maximum atomic E-state index is 8.57. The molecule has 1 rings (SSSR count). The first-order valence-electron chi connectivity index (χ1n) is 3.58. The number of rotatable bonds is 2. The molecule has 0 aliphatic carbocycles. The van der Waals surface area contributed by atoms with Crippen LogP contribution in [0.25, 0.3) is 0 Å². The molecule has 1 atom stereocenters. The summed E-state index contributed by atoms with van der Waals surface area (Å²) in [5, 5.41) is 11.8. The molecule has 1 unspecified atom stereocenters. The molecule has 9 heavy (non-hydrogen) atoms. The molecular formula is C7H14NO. The van der Waals surface area contributed by atoms with Crippen molar-refractivity contribution in [2.24, 2.45) is 5.92 Å². The first-order chi connectivity index (χ1) is 4.43. The topological polar surface area (TPSA) is 32.3 Å². The van der Waals surface area contributed by atoms with Gasteiger partial charge in [0.2, 0.25) is 0 Å². The van der Waals surface area contributed by atoms with E-state index in [1.54, 1.807) is 0 Å².